The van der Waals surface area contributed by atoms with Gasteiger partial charge in [0.05, 0.1) is 6.20 Å². The van der Waals surface area contributed by atoms with Crippen LogP contribution in [-0.4, -0.2) is 35.6 Å². The van der Waals surface area contributed by atoms with Crippen LogP contribution in [0.5, 0.6) is 0 Å². The van der Waals surface area contributed by atoms with Crippen molar-refractivity contribution < 1.29 is 9.32 Å². The fourth-order valence-corrected chi connectivity index (χ4v) is 2.30. The Kier molecular flexibility index (Phi) is 3.78. The molecule has 0 aromatic carbocycles. The number of nitrogens with zero attached hydrogens (tertiary/aromatic N) is 2. The predicted octanol–water partition coefficient (Wildman–Crippen LogP) is 1.18. The highest BCUT2D eigenvalue weighted by Crippen LogP contribution is 2.21. The molecule has 0 radical (unpaired) electrons. The number of amides is 1. The SMILES string of the molecule is Cc1cnoc1C(=O)N1CCC(CCN)CC1. The molecule has 2 rings (SSSR count). The lowest BCUT2D eigenvalue weighted by Gasteiger charge is -2.31. The van der Waals surface area contributed by atoms with Crippen LogP contribution >= 0.6 is 0 Å². The van der Waals surface area contributed by atoms with E-state index in [9.17, 15) is 4.79 Å². The number of likely N-dealkylation sites (tertiary alicyclic amines) is 1. The number of nitrogens with two attached hydrogens (primary N) is 1. The average molecular weight is 237 g/mol. The van der Waals surface area contributed by atoms with E-state index in [1.165, 1.54) is 0 Å². The fraction of sp³-hybridized carbons (Fsp3) is 0.667. The number of aromatic nitrogens is 1. The van der Waals surface area contributed by atoms with Crippen LogP contribution in [0.25, 0.3) is 0 Å². The largest absolute Gasteiger partial charge is 0.351 e. The molecule has 0 saturated carbocycles. The van der Waals surface area contributed by atoms with Gasteiger partial charge >= 0.3 is 0 Å². The molecule has 0 atom stereocenters. The molecule has 1 fully saturated rings. The van der Waals surface area contributed by atoms with Gasteiger partial charge in [-0.2, -0.15) is 0 Å². The van der Waals surface area contributed by atoms with Gasteiger partial charge in [-0.05, 0) is 38.6 Å². The number of carbonyl (C=O) groups excluding carboxylic acids is 1. The first-order valence-electron chi connectivity index (χ1n) is 6.13. The lowest BCUT2D eigenvalue weighted by atomic mass is 9.93. The van der Waals surface area contributed by atoms with Crippen LogP contribution in [0.1, 0.15) is 35.4 Å². The Labute approximate surface area is 101 Å². The number of hydrogen-bond acceptors (Lipinski definition) is 4. The minimum Gasteiger partial charge on any atom is -0.351 e. The van der Waals surface area contributed by atoms with E-state index in [1.54, 1.807) is 6.20 Å². The van der Waals surface area contributed by atoms with Gasteiger partial charge < -0.3 is 15.2 Å². The molecule has 0 bridgehead atoms. The zero-order valence-corrected chi connectivity index (χ0v) is 10.2. The molecule has 5 nitrogen and oxygen atoms in total. The van der Waals surface area contributed by atoms with E-state index >= 15 is 0 Å². The molecule has 0 spiro atoms. The lowest BCUT2D eigenvalue weighted by Crippen LogP contribution is -2.38. The minimum absolute atomic E-state index is 0.0359. The third-order valence-electron chi connectivity index (χ3n) is 3.42. The molecule has 2 heterocycles. The molecular weight excluding hydrogens is 218 g/mol. The van der Waals surface area contributed by atoms with E-state index in [4.69, 9.17) is 10.3 Å². The van der Waals surface area contributed by atoms with Crippen molar-refractivity contribution >= 4 is 5.91 Å². The smallest absolute Gasteiger partial charge is 0.292 e. The molecule has 2 N–H and O–H groups in total. The van der Waals surface area contributed by atoms with Crippen LogP contribution in [0.3, 0.4) is 0 Å². The molecule has 17 heavy (non-hydrogen) atoms. The monoisotopic (exact) mass is 237 g/mol. The van der Waals surface area contributed by atoms with E-state index in [0.717, 1.165) is 44.5 Å². The fourth-order valence-electron chi connectivity index (χ4n) is 2.30. The van der Waals surface area contributed by atoms with Crippen LogP contribution < -0.4 is 5.73 Å². The summed E-state index contributed by atoms with van der Waals surface area (Å²) in [7, 11) is 0. The topological polar surface area (TPSA) is 72.4 Å². The van der Waals surface area contributed by atoms with Gasteiger partial charge in [-0.25, -0.2) is 0 Å². The summed E-state index contributed by atoms with van der Waals surface area (Å²) in [6.07, 6.45) is 4.71. The Balaban J connectivity index is 1.93. The third-order valence-corrected chi connectivity index (χ3v) is 3.42. The molecule has 1 aromatic rings. The quantitative estimate of drug-likeness (QED) is 0.857. The molecule has 94 valence electrons. The van der Waals surface area contributed by atoms with Gasteiger partial charge in [0.25, 0.3) is 5.91 Å². The molecule has 5 heteroatoms. The second kappa shape index (κ2) is 5.31. The Hall–Kier alpha value is -1.36. The second-order valence-electron chi connectivity index (χ2n) is 4.65. The zero-order chi connectivity index (χ0) is 12.3. The number of aryl methyl sites for hydroxylation is 1. The van der Waals surface area contributed by atoms with Crippen molar-refractivity contribution in [3.63, 3.8) is 0 Å². The van der Waals surface area contributed by atoms with E-state index in [1.807, 2.05) is 11.8 Å². The van der Waals surface area contributed by atoms with Crippen LogP contribution in [0.15, 0.2) is 10.7 Å². The first-order valence-corrected chi connectivity index (χ1v) is 6.13. The summed E-state index contributed by atoms with van der Waals surface area (Å²) in [5.41, 5.74) is 6.35. The summed E-state index contributed by atoms with van der Waals surface area (Å²) >= 11 is 0. The Morgan fingerprint density at radius 3 is 2.82 bits per heavy atom. The summed E-state index contributed by atoms with van der Waals surface area (Å²) in [4.78, 5) is 14.0. The lowest BCUT2D eigenvalue weighted by molar-refractivity contribution is 0.0645. The van der Waals surface area contributed by atoms with Crippen molar-refractivity contribution in [3.05, 3.63) is 17.5 Å². The van der Waals surface area contributed by atoms with Crippen LogP contribution in [-0.2, 0) is 0 Å². The maximum Gasteiger partial charge on any atom is 0.292 e. The van der Waals surface area contributed by atoms with Gasteiger partial charge in [0.2, 0.25) is 5.76 Å². The highest BCUT2D eigenvalue weighted by Gasteiger charge is 2.26. The first-order chi connectivity index (χ1) is 8.22. The normalized spacial score (nSPS) is 17.4. The number of hydrogen-bond donors (Lipinski definition) is 1. The maximum atomic E-state index is 12.1. The second-order valence-corrected chi connectivity index (χ2v) is 4.65. The molecule has 0 aliphatic carbocycles. The van der Waals surface area contributed by atoms with Gasteiger partial charge in [0, 0.05) is 18.7 Å². The van der Waals surface area contributed by atoms with E-state index in [-0.39, 0.29) is 5.91 Å². The highest BCUT2D eigenvalue weighted by atomic mass is 16.5. The zero-order valence-electron chi connectivity index (χ0n) is 10.2. The van der Waals surface area contributed by atoms with Crippen molar-refractivity contribution in [2.75, 3.05) is 19.6 Å². The number of rotatable bonds is 3. The molecule has 1 saturated heterocycles. The van der Waals surface area contributed by atoms with Crippen molar-refractivity contribution in [1.82, 2.24) is 10.1 Å². The maximum absolute atomic E-state index is 12.1. The van der Waals surface area contributed by atoms with Crippen molar-refractivity contribution in [3.8, 4) is 0 Å². The number of carbonyl (C=O) groups is 1. The third kappa shape index (κ3) is 2.66. The molecular formula is C12H19N3O2. The van der Waals surface area contributed by atoms with Crippen LogP contribution in [0.4, 0.5) is 0 Å². The van der Waals surface area contributed by atoms with Crippen molar-refractivity contribution in [2.24, 2.45) is 11.7 Å². The molecule has 1 aromatic heterocycles. The van der Waals surface area contributed by atoms with E-state index in [0.29, 0.717) is 11.7 Å². The summed E-state index contributed by atoms with van der Waals surface area (Å²) in [6.45, 7) is 4.16. The summed E-state index contributed by atoms with van der Waals surface area (Å²) < 4.78 is 4.99. The minimum atomic E-state index is -0.0359. The van der Waals surface area contributed by atoms with Crippen LogP contribution in [0, 0.1) is 12.8 Å². The summed E-state index contributed by atoms with van der Waals surface area (Å²) in [5.74, 6) is 1.01. The highest BCUT2D eigenvalue weighted by molar-refractivity contribution is 5.92. The average Bonchev–Trinajstić information content (AvgIpc) is 2.76. The molecule has 0 unspecified atom stereocenters. The Morgan fingerprint density at radius 1 is 1.59 bits per heavy atom. The predicted molar refractivity (Wildman–Crippen MR) is 63.5 cm³/mol. The van der Waals surface area contributed by atoms with Gasteiger partial charge in [-0.3, -0.25) is 4.79 Å². The first kappa shape index (κ1) is 12.1. The Morgan fingerprint density at radius 2 is 2.29 bits per heavy atom. The summed E-state index contributed by atoms with van der Waals surface area (Å²) in [5, 5.41) is 3.64. The van der Waals surface area contributed by atoms with Crippen molar-refractivity contribution in [2.45, 2.75) is 26.2 Å². The molecule has 1 amide bonds. The van der Waals surface area contributed by atoms with Gasteiger partial charge in [-0.15, -0.1) is 0 Å². The van der Waals surface area contributed by atoms with Crippen molar-refractivity contribution in [1.29, 1.82) is 0 Å². The van der Waals surface area contributed by atoms with Gasteiger partial charge in [0.1, 0.15) is 0 Å². The van der Waals surface area contributed by atoms with E-state index < -0.39 is 0 Å². The standard InChI is InChI=1S/C12H19N3O2/c1-9-8-14-17-11(9)12(16)15-6-3-10(2-5-13)4-7-15/h8,10H,2-7,13H2,1H3. The molecule has 1 aliphatic heterocycles. The summed E-state index contributed by atoms with van der Waals surface area (Å²) in [6, 6.07) is 0. The van der Waals surface area contributed by atoms with E-state index in [2.05, 4.69) is 5.16 Å². The van der Waals surface area contributed by atoms with Crippen LogP contribution in [0.2, 0.25) is 0 Å². The van der Waals surface area contributed by atoms with Gasteiger partial charge in [-0.1, -0.05) is 5.16 Å². The number of piperidine rings is 1. The van der Waals surface area contributed by atoms with Gasteiger partial charge in [0.15, 0.2) is 0 Å². The Bertz CT molecular complexity index is 381. The molecule has 1 aliphatic rings.